The maximum atomic E-state index is 16.3. The van der Waals surface area contributed by atoms with Crippen LogP contribution < -0.4 is 9.58 Å². The summed E-state index contributed by atoms with van der Waals surface area (Å²) in [6, 6.07) is 5.18. The first-order valence-corrected chi connectivity index (χ1v) is 26.1. The highest BCUT2D eigenvalue weighted by atomic mass is 28.3. The van der Waals surface area contributed by atoms with Crippen LogP contribution in [-0.4, -0.2) is 93.7 Å². The minimum absolute atomic E-state index is 0.0492. The van der Waals surface area contributed by atoms with Crippen LogP contribution in [0.15, 0.2) is 12.1 Å². The highest BCUT2D eigenvalue weighted by molar-refractivity contribution is 6.76. The Morgan fingerprint density at radius 1 is 1.14 bits per heavy atom. The fraction of sp³-hybridized carbons (Fsp3) is 0.703. The van der Waals surface area contributed by atoms with Gasteiger partial charge < -0.3 is 19.1 Å². The molecular formula is C37H60FN6O4Si2+. The zero-order valence-electron chi connectivity index (χ0n) is 32.0. The number of fused-ring (bicyclic) bond motifs is 3. The van der Waals surface area contributed by atoms with Crippen LogP contribution in [0.25, 0.3) is 22.6 Å². The number of aromatic nitrogens is 4. The van der Waals surface area contributed by atoms with Crippen LogP contribution in [-0.2, 0) is 45.3 Å². The topological polar surface area (TPSA) is 88.7 Å². The van der Waals surface area contributed by atoms with Crippen LogP contribution >= 0.6 is 0 Å². The van der Waals surface area contributed by atoms with E-state index in [-0.39, 0.29) is 24.2 Å². The molecule has 1 aliphatic heterocycles. The molecule has 2 aromatic heterocycles. The third-order valence-corrected chi connectivity index (χ3v) is 14.5. The number of carbonyl (C=O) groups is 1. The van der Waals surface area contributed by atoms with Gasteiger partial charge in [-0.1, -0.05) is 50.9 Å². The lowest BCUT2D eigenvalue weighted by Crippen LogP contribution is -2.51. The summed E-state index contributed by atoms with van der Waals surface area (Å²) in [5, 5.41) is 3.69. The maximum absolute atomic E-state index is 16.3. The van der Waals surface area contributed by atoms with Crippen LogP contribution in [0.2, 0.25) is 51.4 Å². The Balaban J connectivity index is 1.39. The molecule has 3 heterocycles. The van der Waals surface area contributed by atoms with E-state index in [2.05, 4.69) is 60.9 Å². The number of morpholine rings is 1. The standard InChI is InChI=1S/C37H59FN6O4Si2/c1-10-42(36(45)26(2)41-11-13-46-14-12-41)28-20-30(38)34-31(21-28)43(24-47-15-17-49(4,5)6)35(39-34)33-29-19-27-22-37(27,3)23-32(29)44(40-33)25-48-16-18-50(7,8)9/h20-21,26-27H,10-19,22-25H2,1-9H3/p+1/t26-,27+,37+/m0/s1. The second-order valence-corrected chi connectivity index (χ2v) is 28.8. The third-order valence-electron chi connectivity index (χ3n) is 11.1. The van der Waals surface area contributed by atoms with Gasteiger partial charge in [0.15, 0.2) is 11.6 Å². The highest BCUT2D eigenvalue weighted by Crippen LogP contribution is 2.59. The van der Waals surface area contributed by atoms with Crippen molar-refractivity contribution in [2.45, 2.75) is 111 Å². The third kappa shape index (κ3) is 8.12. The summed E-state index contributed by atoms with van der Waals surface area (Å²) in [6.45, 7) is 25.5. The molecule has 13 heteroatoms. The summed E-state index contributed by atoms with van der Waals surface area (Å²) in [4.78, 5) is 22.7. The zero-order valence-corrected chi connectivity index (χ0v) is 34.0. The monoisotopic (exact) mass is 727 g/mol. The van der Waals surface area contributed by atoms with E-state index < -0.39 is 22.0 Å². The predicted molar refractivity (Wildman–Crippen MR) is 201 cm³/mol. The normalized spacial score (nSPS) is 21.7. The Kier molecular flexibility index (Phi) is 10.9. The van der Waals surface area contributed by atoms with Gasteiger partial charge in [-0.15, -0.1) is 0 Å². The number of benzene rings is 1. The summed E-state index contributed by atoms with van der Waals surface area (Å²) >= 11 is 0. The molecule has 0 radical (unpaired) electrons. The number of nitrogens with zero attached hydrogens (tertiary/aromatic N) is 5. The molecule has 1 saturated carbocycles. The average Bonchev–Trinajstić information content (AvgIpc) is 3.41. The Labute approximate surface area is 299 Å². The van der Waals surface area contributed by atoms with Crippen molar-refractivity contribution in [3.8, 4) is 11.5 Å². The van der Waals surface area contributed by atoms with E-state index in [0.29, 0.717) is 74.5 Å². The maximum Gasteiger partial charge on any atom is 0.276 e. The zero-order chi connectivity index (χ0) is 36.0. The number of hydrogen-bond acceptors (Lipinski definition) is 6. The molecule has 3 aromatic rings. The molecule has 0 unspecified atom stereocenters. The van der Waals surface area contributed by atoms with Crippen molar-refractivity contribution >= 4 is 38.8 Å². The van der Waals surface area contributed by atoms with Gasteiger partial charge in [0.05, 0.1) is 36.9 Å². The fourth-order valence-corrected chi connectivity index (χ4v) is 9.00. The lowest BCUT2D eigenvalue weighted by molar-refractivity contribution is -0.787. The molecule has 0 bridgehead atoms. The molecule has 1 saturated heterocycles. The Morgan fingerprint density at radius 2 is 1.82 bits per heavy atom. The number of halogens is 1. The smallest absolute Gasteiger partial charge is 0.276 e. The van der Waals surface area contributed by atoms with E-state index in [0.717, 1.165) is 37.2 Å². The molecule has 10 nitrogen and oxygen atoms in total. The SMILES string of the molecule is CCN(C(=O)[C@H](C)N1CCOCC1)c1cc(F)c2nc(-c3[nH][n+](COCC[Si](C)(C)C)c4c3C[C@@H]3C[C@]3(C)C4)n(COCC[Si](C)(C)C)c2c1. The first kappa shape index (κ1) is 37.3. The number of nitrogens with one attached hydrogen (secondary N) is 1. The van der Waals surface area contributed by atoms with E-state index in [1.54, 1.807) is 4.90 Å². The number of anilines is 1. The lowest BCUT2D eigenvalue weighted by Gasteiger charge is -2.34. The van der Waals surface area contributed by atoms with Crippen molar-refractivity contribution in [1.82, 2.24) is 19.5 Å². The largest absolute Gasteiger partial charge is 0.379 e. The fourth-order valence-electron chi connectivity index (χ4n) is 7.49. The summed E-state index contributed by atoms with van der Waals surface area (Å²) in [5.41, 5.74) is 5.20. The van der Waals surface area contributed by atoms with Gasteiger partial charge in [-0.25, -0.2) is 9.37 Å². The molecule has 2 fully saturated rings. The van der Waals surface area contributed by atoms with Gasteiger partial charge in [-0.3, -0.25) is 14.3 Å². The van der Waals surface area contributed by atoms with Crippen molar-refractivity contribution in [2.24, 2.45) is 11.3 Å². The number of imidazole rings is 1. The van der Waals surface area contributed by atoms with Gasteiger partial charge >= 0.3 is 0 Å². The first-order chi connectivity index (χ1) is 23.6. The molecule has 1 N–H and O–H groups in total. The Morgan fingerprint density at radius 3 is 2.48 bits per heavy atom. The number of rotatable bonds is 15. The molecule has 0 spiro atoms. The van der Waals surface area contributed by atoms with E-state index in [1.165, 1.54) is 23.7 Å². The number of H-pyrrole nitrogens is 1. The van der Waals surface area contributed by atoms with Crippen molar-refractivity contribution in [3.05, 3.63) is 29.2 Å². The van der Waals surface area contributed by atoms with E-state index >= 15 is 4.39 Å². The van der Waals surface area contributed by atoms with Gasteiger partial charge in [0.25, 0.3) is 6.73 Å². The van der Waals surface area contributed by atoms with Crippen LogP contribution in [0.3, 0.4) is 0 Å². The molecular weight excluding hydrogens is 668 g/mol. The highest BCUT2D eigenvalue weighted by Gasteiger charge is 2.56. The number of aromatic amines is 1. The molecule has 1 amide bonds. The number of hydrogen-bond donors (Lipinski definition) is 1. The second kappa shape index (κ2) is 14.5. The van der Waals surface area contributed by atoms with Crippen LogP contribution in [0.4, 0.5) is 10.1 Å². The van der Waals surface area contributed by atoms with E-state index in [1.807, 2.05) is 24.5 Å². The van der Waals surface area contributed by atoms with Crippen molar-refractivity contribution in [3.63, 3.8) is 0 Å². The van der Waals surface area contributed by atoms with Crippen molar-refractivity contribution in [1.29, 1.82) is 0 Å². The minimum Gasteiger partial charge on any atom is -0.379 e. The molecule has 1 aromatic carbocycles. The minimum atomic E-state index is -1.33. The number of ether oxygens (including phenoxy) is 3. The van der Waals surface area contributed by atoms with Crippen LogP contribution in [0, 0.1) is 17.2 Å². The van der Waals surface area contributed by atoms with Gasteiger partial charge in [-0.05, 0) is 56.2 Å². The van der Waals surface area contributed by atoms with E-state index in [4.69, 9.17) is 19.2 Å². The number of amides is 1. The molecule has 276 valence electrons. The van der Waals surface area contributed by atoms with Crippen LogP contribution in [0.5, 0.6) is 0 Å². The Hall–Kier alpha value is -2.43. The first-order valence-electron chi connectivity index (χ1n) is 18.7. The molecule has 3 atom stereocenters. The lowest BCUT2D eigenvalue weighted by atomic mass is 9.87. The van der Waals surface area contributed by atoms with Gasteiger partial charge in [0, 0.05) is 60.6 Å². The number of likely N-dealkylation sites (N-methyl/N-ethyl adjacent to an activating group) is 1. The summed E-state index contributed by atoms with van der Waals surface area (Å²) < 4.78 is 38.6. The molecule has 3 aliphatic rings. The molecule has 6 rings (SSSR count). The van der Waals surface area contributed by atoms with Gasteiger partial charge in [0.1, 0.15) is 17.9 Å². The molecule has 50 heavy (non-hydrogen) atoms. The molecule has 2 aliphatic carbocycles. The average molecular weight is 728 g/mol. The second-order valence-electron chi connectivity index (χ2n) is 17.5. The van der Waals surface area contributed by atoms with E-state index in [9.17, 15) is 4.79 Å². The Bertz CT molecular complexity index is 1690. The van der Waals surface area contributed by atoms with Crippen LogP contribution in [0.1, 0.15) is 38.4 Å². The summed E-state index contributed by atoms with van der Waals surface area (Å²) in [5.74, 6) is 0.813. The van der Waals surface area contributed by atoms with Gasteiger partial charge in [0.2, 0.25) is 11.6 Å². The van der Waals surface area contributed by atoms with Gasteiger partial charge in [-0.2, -0.15) is 5.10 Å². The van der Waals surface area contributed by atoms with Crippen molar-refractivity contribution in [2.75, 3.05) is 51.0 Å². The summed E-state index contributed by atoms with van der Waals surface area (Å²) in [6.07, 6.45) is 3.17. The predicted octanol–water partition coefficient (Wildman–Crippen LogP) is 6.28. The number of carbonyl (C=O) groups excluding carboxylic acids is 1. The van der Waals surface area contributed by atoms with Crippen molar-refractivity contribution < 1.29 is 28.1 Å². The summed E-state index contributed by atoms with van der Waals surface area (Å²) in [7, 11) is -2.55. The quantitative estimate of drug-likeness (QED) is 0.113.